The molecule has 1 unspecified atom stereocenters. The molecule has 1 aromatic heterocycles. The molecule has 0 saturated carbocycles. The van der Waals surface area contributed by atoms with Crippen molar-refractivity contribution in [1.29, 1.82) is 0 Å². The monoisotopic (exact) mass is 240 g/mol. The largest absolute Gasteiger partial charge is 0.314 e. The molecule has 1 aromatic rings. The summed E-state index contributed by atoms with van der Waals surface area (Å²) in [4.78, 5) is 3.99. The van der Waals surface area contributed by atoms with Crippen LogP contribution in [0.1, 0.15) is 32.8 Å². The van der Waals surface area contributed by atoms with E-state index in [9.17, 15) is 0 Å². The first kappa shape index (κ1) is 13.5. The summed E-state index contributed by atoms with van der Waals surface area (Å²) in [6, 6.07) is 2.57. The van der Waals surface area contributed by atoms with E-state index in [0.717, 1.165) is 24.4 Å². The van der Waals surface area contributed by atoms with E-state index in [0.29, 0.717) is 12.0 Å². The SMILES string of the molecule is CC(CCc1ccncc1Cl)CNC(C)C. The lowest BCUT2D eigenvalue weighted by molar-refractivity contribution is 0.454. The second-order valence-corrected chi connectivity index (χ2v) is 5.08. The summed E-state index contributed by atoms with van der Waals surface area (Å²) >= 11 is 6.06. The van der Waals surface area contributed by atoms with Crippen LogP contribution in [-0.2, 0) is 6.42 Å². The van der Waals surface area contributed by atoms with Gasteiger partial charge >= 0.3 is 0 Å². The Morgan fingerprint density at radius 3 is 2.75 bits per heavy atom. The van der Waals surface area contributed by atoms with Gasteiger partial charge in [-0.3, -0.25) is 4.98 Å². The molecule has 90 valence electrons. The van der Waals surface area contributed by atoms with Crippen LogP contribution in [0.25, 0.3) is 0 Å². The van der Waals surface area contributed by atoms with Crippen LogP contribution >= 0.6 is 11.6 Å². The second-order valence-electron chi connectivity index (χ2n) is 4.67. The fourth-order valence-corrected chi connectivity index (χ4v) is 1.76. The average Bonchev–Trinajstić information content (AvgIpc) is 2.25. The molecule has 16 heavy (non-hydrogen) atoms. The molecule has 1 N–H and O–H groups in total. The Bertz CT molecular complexity index is 313. The molecule has 0 aliphatic carbocycles. The zero-order chi connectivity index (χ0) is 12.0. The minimum absolute atomic E-state index is 0.562. The molecule has 3 heteroatoms. The molecule has 1 rings (SSSR count). The highest BCUT2D eigenvalue weighted by molar-refractivity contribution is 6.31. The Morgan fingerprint density at radius 1 is 1.38 bits per heavy atom. The van der Waals surface area contributed by atoms with Gasteiger partial charge in [0.15, 0.2) is 0 Å². The van der Waals surface area contributed by atoms with E-state index in [1.807, 2.05) is 6.07 Å². The van der Waals surface area contributed by atoms with Gasteiger partial charge in [0.25, 0.3) is 0 Å². The maximum atomic E-state index is 6.06. The van der Waals surface area contributed by atoms with Gasteiger partial charge in [-0.1, -0.05) is 32.4 Å². The third-order valence-corrected chi connectivity index (χ3v) is 2.98. The van der Waals surface area contributed by atoms with Gasteiger partial charge in [-0.2, -0.15) is 0 Å². The molecule has 0 fully saturated rings. The highest BCUT2D eigenvalue weighted by atomic mass is 35.5. The summed E-state index contributed by atoms with van der Waals surface area (Å²) in [5.41, 5.74) is 1.20. The van der Waals surface area contributed by atoms with Crippen LogP contribution in [0.15, 0.2) is 18.5 Å². The molecule has 0 aromatic carbocycles. The van der Waals surface area contributed by atoms with E-state index >= 15 is 0 Å². The molecular formula is C13H21ClN2. The molecule has 1 atom stereocenters. The average molecular weight is 241 g/mol. The summed E-state index contributed by atoms with van der Waals surface area (Å²) in [6.07, 6.45) is 5.71. The molecule has 1 heterocycles. The first-order valence-corrected chi connectivity index (χ1v) is 6.29. The van der Waals surface area contributed by atoms with E-state index in [-0.39, 0.29) is 0 Å². The van der Waals surface area contributed by atoms with Gasteiger partial charge in [0.2, 0.25) is 0 Å². The van der Waals surface area contributed by atoms with Crippen LogP contribution in [0.2, 0.25) is 5.02 Å². The highest BCUT2D eigenvalue weighted by Gasteiger charge is 2.05. The number of nitrogens with zero attached hydrogens (tertiary/aromatic N) is 1. The standard InChI is InChI=1S/C13H21ClN2/c1-10(2)16-8-11(3)4-5-12-6-7-15-9-13(12)14/h6-7,9-11,16H,4-5,8H2,1-3H3. The number of aromatic nitrogens is 1. The Hall–Kier alpha value is -0.600. The number of hydrogen-bond acceptors (Lipinski definition) is 2. The normalized spacial score (nSPS) is 13.1. The van der Waals surface area contributed by atoms with E-state index in [1.165, 1.54) is 5.56 Å². The zero-order valence-corrected chi connectivity index (χ0v) is 11.1. The molecule has 2 nitrogen and oxygen atoms in total. The second kappa shape index (κ2) is 6.87. The van der Waals surface area contributed by atoms with Crippen LogP contribution in [-0.4, -0.2) is 17.6 Å². The van der Waals surface area contributed by atoms with Gasteiger partial charge in [0.05, 0.1) is 5.02 Å². The summed E-state index contributed by atoms with van der Waals surface area (Å²) in [5, 5.41) is 4.23. The molecule has 0 spiro atoms. The van der Waals surface area contributed by atoms with Crippen molar-refractivity contribution in [3.63, 3.8) is 0 Å². The van der Waals surface area contributed by atoms with Gasteiger partial charge < -0.3 is 5.32 Å². The molecular weight excluding hydrogens is 220 g/mol. The number of nitrogens with one attached hydrogen (secondary N) is 1. The van der Waals surface area contributed by atoms with Crippen LogP contribution in [0, 0.1) is 5.92 Å². The lowest BCUT2D eigenvalue weighted by atomic mass is 10.0. The summed E-state index contributed by atoms with van der Waals surface area (Å²) in [6.45, 7) is 7.68. The van der Waals surface area contributed by atoms with Crippen molar-refractivity contribution in [3.8, 4) is 0 Å². The zero-order valence-electron chi connectivity index (χ0n) is 10.3. The van der Waals surface area contributed by atoms with Gasteiger partial charge in [-0.25, -0.2) is 0 Å². The number of aryl methyl sites for hydroxylation is 1. The van der Waals surface area contributed by atoms with Crippen molar-refractivity contribution >= 4 is 11.6 Å². The van der Waals surface area contributed by atoms with Gasteiger partial charge in [0, 0.05) is 18.4 Å². The van der Waals surface area contributed by atoms with E-state index in [1.54, 1.807) is 12.4 Å². The molecule has 0 bridgehead atoms. The highest BCUT2D eigenvalue weighted by Crippen LogP contribution is 2.17. The number of pyridine rings is 1. The fraction of sp³-hybridized carbons (Fsp3) is 0.615. The Balaban J connectivity index is 2.31. The Morgan fingerprint density at radius 2 is 2.12 bits per heavy atom. The predicted molar refractivity (Wildman–Crippen MR) is 69.9 cm³/mol. The van der Waals surface area contributed by atoms with Crippen LogP contribution in [0.4, 0.5) is 0 Å². The van der Waals surface area contributed by atoms with Crippen molar-refractivity contribution in [2.24, 2.45) is 5.92 Å². The van der Waals surface area contributed by atoms with Crippen molar-refractivity contribution < 1.29 is 0 Å². The smallest absolute Gasteiger partial charge is 0.0621 e. The number of rotatable bonds is 6. The first-order chi connectivity index (χ1) is 7.59. The lowest BCUT2D eigenvalue weighted by Crippen LogP contribution is -2.28. The fourth-order valence-electron chi connectivity index (χ4n) is 1.55. The Kier molecular flexibility index (Phi) is 5.78. The van der Waals surface area contributed by atoms with Crippen LogP contribution in [0.5, 0.6) is 0 Å². The number of hydrogen-bond donors (Lipinski definition) is 1. The molecule has 0 aliphatic heterocycles. The van der Waals surface area contributed by atoms with Crippen LogP contribution in [0.3, 0.4) is 0 Å². The summed E-state index contributed by atoms with van der Waals surface area (Å²) in [5.74, 6) is 0.673. The molecule has 0 amide bonds. The Labute approximate surface area is 103 Å². The van der Waals surface area contributed by atoms with E-state index in [4.69, 9.17) is 11.6 Å². The van der Waals surface area contributed by atoms with Crippen molar-refractivity contribution in [2.45, 2.75) is 39.7 Å². The van der Waals surface area contributed by atoms with E-state index in [2.05, 4.69) is 31.1 Å². The molecule has 0 saturated heterocycles. The summed E-state index contributed by atoms with van der Waals surface area (Å²) in [7, 11) is 0. The van der Waals surface area contributed by atoms with Crippen molar-refractivity contribution in [1.82, 2.24) is 10.3 Å². The number of halogens is 1. The predicted octanol–water partition coefficient (Wildman–Crippen LogP) is 3.30. The van der Waals surface area contributed by atoms with Gasteiger partial charge in [-0.05, 0) is 36.9 Å². The van der Waals surface area contributed by atoms with E-state index < -0.39 is 0 Å². The minimum Gasteiger partial charge on any atom is -0.314 e. The first-order valence-electron chi connectivity index (χ1n) is 5.91. The topological polar surface area (TPSA) is 24.9 Å². The quantitative estimate of drug-likeness (QED) is 0.825. The maximum absolute atomic E-state index is 6.06. The third kappa shape index (κ3) is 4.95. The molecule has 0 radical (unpaired) electrons. The molecule has 0 aliphatic rings. The maximum Gasteiger partial charge on any atom is 0.0621 e. The lowest BCUT2D eigenvalue weighted by Gasteiger charge is -2.15. The third-order valence-electron chi connectivity index (χ3n) is 2.64. The summed E-state index contributed by atoms with van der Waals surface area (Å²) < 4.78 is 0. The van der Waals surface area contributed by atoms with Crippen molar-refractivity contribution in [2.75, 3.05) is 6.54 Å². The van der Waals surface area contributed by atoms with Gasteiger partial charge in [0.1, 0.15) is 0 Å². The van der Waals surface area contributed by atoms with Crippen LogP contribution < -0.4 is 5.32 Å². The minimum atomic E-state index is 0.562. The van der Waals surface area contributed by atoms with Crippen molar-refractivity contribution in [3.05, 3.63) is 29.0 Å². The van der Waals surface area contributed by atoms with Gasteiger partial charge in [-0.15, -0.1) is 0 Å².